The first kappa shape index (κ1) is 13.0. The van der Waals surface area contributed by atoms with E-state index in [-0.39, 0.29) is 5.91 Å². The Labute approximate surface area is 108 Å². The lowest BCUT2D eigenvalue weighted by atomic mass is 10.0. The SMILES string of the molecule is CC(=O)N1CCC(NCc2cccc(C)n2)CC1. The Morgan fingerprint density at radius 1 is 1.44 bits per heavy atom. The highest BCUT2D eigenvalue weighted by Gasteiger charge is 2.19. The third kappa shape index (κ3) is 3.53. The Morgan fingerprint density at radius 3 is 2.78 bits per heavy atom. The molecule has 1 amide bonds. The maximum absolute atomic E-state index is 11.2. The molecule has 0 unspecified atom stereocenters. The van der Waals surface area contributed by atoms with Crippen LogP contribution in [-0.2, 0) is 11.3 Å². The smallest absolute Gasteiger partial charge is 0.219 e. The molecule has 1 fully saturated rings. The second-order valence-corrected chi connectivity index (χ2v) is 4.93. The van der Waals surface area contributed by atoms with Gasteiger partial charge in [-0.1, -0.05) is 6.07 Å². The summed E-state index contributed by atoms with van der Waals surface area (Å²) in [6, 6.07) is 6.60. The number of hydrogen-bond donors (Lipinski definition) is 1. The maximum Gasteiger partial charge on any atom is 0.219 e. The molecule has 98 valence electrons. The minimum absolute atomic E-state index is 0.189. The van der Waals surface area contributed by atoms with Gasteiger partial charge in [0.15, 0.2) is 0 Å². The standard InChI is InChI=1S/C14H21N3O/c1-11-4-3-5-14(16-11)10-15-13-6-8-17(9-7-13)12(2)18/h3-5,13,15H,6-10H2,1-2H3. The van der Waals surface area contributed by atoms with Crippen LogP contribution in [0.3, 0.4) is 0 Å². The van der Waals surface area contributed by atoms with E-state index in [1.165, 1.54) is 0 Å². The maximum atomic E-state index is 11.2. The summed E-state index contributed by atoms with van der Waals surface area (Å²) in [6.07, 6.45) is 2.07. The van der Waals surface area contributed by atoms with E-state index in [4.69, 9.17) is 0 Å². The van der Waals surface area contributed by atoms with Crippen molar-refractivity contribution in [2.45, 2.75) is 39.3 Å². The van der Waals surface area contributed by atoms with E-state index in [0.717, 1.165) is 43.9 Å². The van der Waals surface area contributed by atoms with Crippen LogP contribution in [0.25, 0.3) is 0 Å². The van der Waals surface area contributed by atoms with E-state index in [0.29, 0.717) is 6.04 Å². The molecule has 0 aliphatic carbocycles. The van der Waals surface area contributed by atoms with Crippen molar-refractivity contribution in [2.24, 2.45) is 0 Å². The highest BCUT2D eigenvalue weighted by Crippen LogP contribution is 2.11. The third-order valence-electron chi connectivity index (χ3n) is 3.46. The van der Waals surface area contributed by atoms with Crippen molar-refractivity contribution in [1.29, 1.82) is 0 Å². The van der Waals surface area contributed by atoms with Crippen LogP contribution in [0.15, 0.2) is 18.2 Å². The van der Waals surface area contributed by atoms with Gasteiger partial charge in [0.1, 0.15) is 0 Å². The van der Waals surface area contributed by atoms with Gasteiger partial charge in [-0.3, -0.25) is 9.78 Å². The molecule has 1 aliphatic rings. The fourth-order valence-corrected chi connectivity index (χ4v) is 2.35. The number of piperidine rings is 1. The van der Waals surface area contributed by atoms with Crippen LogP contribution in [0, 0.1) is 6.92 Å². The molecule has 0 radical (unpaired) electrons. The fourth-order valence-electron chi connectivity index (χ4n) is 2.35. The number of rotatable bonds is 3. The van der Waals surface area contributed by atoms with Crippen LogP contribution in [-0.4, -0.2) is 34.9 Å². The predicted octanol–water partition coefficient (Wildman–Crippen LogP) is 1.49. The zero-order valence-electron chi connectivity index (χ0n) is 11.1. The highest BCUT2D eigenvalue weighted by atomic mass is 16.2. The first-order valence-electron chi connectivity index (χ1n) is 6.56. The van der Waals surface area contributed by atoms with Gasteiger partial charge in [0, 0.05) is 38.3 Å². The third-order valence-corrected chi connectivity index (χ3v) is 3.46. The van der Waals surface area contributed by atoms with Gasteiger partial charge in [0.25, 0.3) is 0 Å². The number of aryl methyl sites for hydroxylation is 1. The zero-order valence-corrected chi connectivity index (χ0v) is 11.1. The number of aromatic nitrogens is 1. The Balaban J connectivity index is 1.77. The van der Waals surface area contributed by atoms with Gasteiger partial charge in [-0.05, 0) is 31.9 Å². The summed E-state index contributed by atoms with van der Waals surface area (Å²) in [6.45, 7) is 6.20. The number of carbonyl (C=O) groups excluding carboxylic acids is 1. The van der Waals surface area contributed by atoms with E-state index in [1.807, 2.05) is 30.0 Å². The summed E-state index contributed by atoms with van der Waals surface area (Å²) in [5.41, 5.74) is 2.14. The molecular formula is C14H21N3O. The molecule has 1 aromatic rings. The normalized spacial score (nSPS) is 16.9. The molecule has 0 aromatic carbocycles. The van der Waals surface area contributed by atoms with Crippen molar-refractivity contribution in [3.05, 3.63) is 29.6 Å². The molecule has 1 saturated heterocycles. The topological polar surface area (TPSA) is 45.2 Å². The second kappa shape index (κ2) is 5.96. The lowest BCUT2D eigenvalue weighted by Crippen LogP contribution is -2.44. The summed E-state index contributed by atoms with van der Waals surface area (Å²) in [4.78, 5) is 17.6. The van der Waals surface area contributed by atoms with Crippen LogP contribution in [0.4, 0.5) is 0 Å². The highest BCUT2D eigenvalue weighted by molar-refractivity contribution is 5.73. The van der Waals surface area contributed by atoms with Gasteiger partial charge < -0.3 is 10.2 Å². The van der Waals surface area contributed by atoms with Gasteiger partial charge >= 0.3 is 0 Å². The van der Waals surface area contributed by atoms with Gasteiger partial charge in [-0.2, -0.15) is 0 Å². The number of hydrogen-bond acceptors (Lipinski definition) is 3. The minimum Gasteiger partial charge on any atom is -0.343 e. The van der Waals surface area contributed by atoms with Crippen LogP contribution in [0.2, 0.25) is 0 Å². The van der Waals surface area contributed by atoms with Crippen LogP contribution in [0.5, 0.6) is 0 Å². The van der Waals surface area contributed by atoms with Crippen LogP contribution >= 0.6 is 0 Å². The molecule has 0 saturated carbocycles. The summed E-state index contributed by atoms with van der Waals surface area (Å²) in [5.74, 6) is 0.189. The van der Waals surface area contributed by atoms with Gasteiger partial charge in [0.2, 0.25) is 5.91 Å². The molecule has 1 aliphatic heterocycles. The Hall–Kier alpha value is -1.42. The molecule has 1 N–H and O–H groups in total. The zero-order chi connectivity index (χ0) is 13.0. The number of nitrogens with zero attached hydrogens (tertiary/aromatic N) is 2. The lowest BCUT2D eigenvalue weighted by Gasteiger charge is -2.31. The van der Waals surface area contributed by atoms with E-state index in [9.17, 15) is 4.79 Å². The van der Waals surface area contributed by atoms with Crippen LogP contribution < -0.4 is 5.32 Å². The average molecular weight is 247 g/mol. The van der Waals surface area contributed by atoms with Crippen molar-refractivity contribution >= 4 is 5.91 Å². The number of likely N-dealkylation sites (tertiary alicyclic amines) is 1. The second-order valence-electron chi connectivity index (χ2n) is 4.93. The van der Waals surface area contributed by atoms with E-state index in [1.54, 1.807) is 6.92 Å². The van der Waals surface area contributed by atoms with Crippen molar-refractivity contribution in [3.63, 3.8) is 0 Å². The van der Waals surface area contributed by atoms with Gasteiger partial charge in [-0.25, -0.2) is 0 Å². The first-order chi connectivity index (χ1) is 8.65. The molecule has 1 aromatic heterocycles. The van der Waals surface area contributed by atoms with Crippen molar-refractivity contribution in [1.82, 2.24) is 15.2 Å². The monoisotopic (exact) mass is 247 g/mol. The Morgan fingerprint density at radius 2 is 2.17 bits per heavy atom. The minimum atomic E-state index is 0.189. The first-order valence-corrected chi connectivity index (χ1v) is 6.56. The predicted molar refractivity (Wildman–Crippen MR) is 71.1 cm³/mol. The molecule has 0 bridgehead atoms. The molecule has 0 spiro atoms. The van der Waals surface area contributed by atoms with Crippen molar-refractivity contribution in [2.75, 3.05) is 13.1 Å². The van der Waals surface area contributed by atoms with Crippen LogP contribution in [0.1, 0.15) is 31.2 Å². The lowest BCUT2D eigenvalue weighted by molar-refractivity contribution is -0.129. The molecule has 4 nitrogen and oxygen atoms in total. The number of amides is 1. The summed E-state index contributed by atoms with van der Waals surface area (Å²) < 4.78 is 0. The van der Waals surface area contributed by atoms with E-state index < -0.39 is 0 Å². The Bertz CT molecular complexity index is 411. The molecule has 2 rings (SSSR count). The molecular weight excluding hydrogens is 226 g/mol. The molecule has 2 heterocycles. The van der Waals surface area contributed by atoms with Crippen molar-refractivity contribution in [3.8, 4) is 0 Å². The van der Waals surface area contributed by atoms with E-state index >= 15 is 0 Å². The quantitative estimate of drug-likeness (QED) is 0.880. The molecule has 0 atom stereocenters. The van der Waals surface area contributed by atoms with Gasteiger partial charge in [-0.15, -0.1) is 0 Å². The Kier molecular flexibility index (Phi) is 4.31. The fraction of sp³-hybridized carbons (Fsp3) is 0.571. The number of carbonyl (C=O) groups is 1. The van der Waals surface area contributed by atoms with E-state index in [2.05, 4.69) is 10.3 Å². The summed E-state index contributed by atoms with van der Waals surface area (Å²) >= 11 is 0. The molecule has 4 heteroatoms. The summed E-state index contributed by atoms with van der Waals surface area (Å²) in [5, 5.41) is 3.52. The number of nitrogens with one attached hydrogen (secondary N) is 1. The van der Waals surface area contributed by atoms with Crippen molar-refractivity contribution < 1.29 is 4.79 Å². The van der Waals surface area contributed by atoms with Gasteiger partial charge in [0.05, 0.1) is 5.69 Å². The largest absolute Gasteiger partial charge is 0.343 e. The number of pyridine rings is 1. The summed E-state index contributed by atoms with van der Waals surface area (Å²) in [7, 11) is 0. The average Bonchev–Trinajstić information content (AvgIpc) is 2.37. The molecule has 18 heavy (non-hydrogen) atoms.